The van der Waals surface area contributed by atoms with Crippen LogP contribution in [0, 0.1) is 0 Å². The Morgan fingerprint density at radius 3 is 2.73 bits per heavy atom. The van der Waals surface area contributed by atoms with E-state index < -0.39 is 12.2 Å². The third-order valence-electron chi connectivity index (χ3n) is 3.30. The van der Waals surface area contributed by atoms with Crippen LogP contribution in [-0.2, 0) is 0 Å². The first-order valence-corrected chi connectivity index (χ1v) is 6.86. The van der Waals surface area contributed by atoms with Crippen LogP contribution in [-0.4, -0.2) is 17.2 Å². The lowest BCUT2D eigenvalue weighted by Crippen LogP contribution is -2.29. The molecule has 0 bridgehead atoms. The number of alkyl halides is 2. The molecule has 1 aliphatic rings. The molecule has 0 N–H and O–H groups in total. The molecule has 0 atom stereocenters. The first-order chi connectivity index (χ1) is 10.4. The predicted octanol–water partition coefficient (Wildman–Crippen LogP) is 4.29. The summed E-state index contributed by atoms with van der Waals surface area (Å²) in [6.45, 7) is 1.02. The molecule has 0 aliphatic carbocycles. The fourth-order valence-corrected chi connectivity index (χ4v) is 2.48. The molecular formula is C17H15F2NO2. The smallest absolute Gasteiger partial charge is 0.387 e. The maximum Gasteiger partial charge on any atom is 0.387 e. The summed E-state index contributed by atoms with van der Waals surface area (Å²) in [4.78, 5) is 4.12. The third-order valence-corrected chi connectivity index (χ3v) is 3.30. The first kappa shape index (κ1) is 14.5. The number of pyridine rings is 1. The van der Waals surface area contributed by atoms with Gasteiger partial charge in [-0.15, -0.1) is 0 Å². The van der Waals surface area contributed by atoms with Crippen molar-refractivity contribution in [3.63, 3.8) is 0 Å². The highest BCUT2D eigenvalue weighted by atomic mass is 19.3. The van der Waals surface area contributed by atoms with E-state index in [0.717, 1.165) is 11.1 Å². The Morgan fingerprint density at radius 1 is 1.23 bits per heavy atom. The quantitative estimate of drug-likeness (QED) is 0.848. The summed E-state index contributed by atoms with van der Waals surface area (Å²) in [7, 11) is 0. The van der Waals surface area contributed by atoms with Crippen molar-refractivity contribution in [1.29, 1.82) is 0 Å². The number of fused-ring (bicyclic) bond motifs is 1. The molecule has 2 heterocycles. The number of rotatable bonds is 3. The number of halogens is 2. The molecule has 0 radical (unpaired) electrons. The summed E-state index contributed by atoms with van der Waals surface area (Å²) in [5.74, 6) is 0.736. The standard InChI is InChI=1S/C17H15F2NO2/c1-17(2)9-14(11-4-3-7-20-10-11)13-8-12(21-16(18)19)5-6-15(13)22-17/h3-10,16H,1-2H3. The van der Waals surface area contributed by atoms with Crippen molar-refractivity contribution in [2.45, 2.75) is 26.1 Å². The lowest BCUT2D eigenvalue weighted by molar-refractivity contribution is -0.0499. The summed E-state index contributed by atoms with van der Waals surface area (Å²) in [6, 6.07) is 8.45. The Hall–Kier alpha value is -2.43. The summed E-state index contributed by atoms with van der Waals surface area (Å²) >= 11 is 0. The van der Waals surface area contributed by atoms with Crippen LogP contribution in [0.25, 0.3) is 5.57 Å². The van der Waals surface area contributed by atoms with Crippen molar-refractivity contribution in [3.05, 3.63) is 59.9 Å². The van der Waals surface area contributed by atoms with Gasteiger partial charge in [0.2, 0.25) is 0 Å². The second-order valence-corrected chi connectivity index (χ2v) is 5.54. The molecule has 1 aromatic heterocycles. The molecule has 0 unspecified atom stereocenters. The van der Waals surface area contributed by atoms with Crippen molar-refractivity contribution in [3.8, 4) is 11.5 Å². The van der Waals surface area contributed by atoms with Gasteiger partial charge in [0.15, 0.2) is 0 Å². The van der Waals surface area contributed by atoms with Crippen molar-refractivity contribution < 1.29 is 18.3 Å². The van der Waals surface area contributed by atoms with Gasteiger partial charge in [0.05, 0.1) is 0 Å². The zero-order valence-electron chi connectivity index (χ0n) is 12.2. The van der Waals surface area contributed by atoms with Gasteiger partial charge >= 0.3 is 6.61 Å². The van der Waals surface area contributed by atoms with Crippen LogP contribution in [0.5, 0.6) is 11.5 Å². The van der Waals surface area contributed by atoms with Gasteiger partial charge in [0, 0.05) is 23.5 Å². The summed E-state index contributed by atoms with van der Waals surface area (Å²) in [5, 5.41) is 0. The minimum Gasteiger partial charge on any atom is -0.483 e. The van der Waals surface area contributed by atoms with Crippen molar-refractivity contribution in [2.75, 3.05) is 0 Å². The average molecular weight is 303 g/mol. The van der Waals surface area contributed by atoms with Gasteiger partial charge in [-0.25, -0.2) is 0 Å². The number of nitrogens with zero attached hydrogens (tertiary/aromatic N) is 1. The maximum absolute atomic E-state index is 12.4. The molecule has 114 valence electrons. The van der Waals surface area contributed by atoms with E-state index in [1.807, 2.05) is 32.1 Å². The van der Waals surface area contributed by atoms with Crippen LogP contribution in [0.4, 0.5) is 8.78 Å². The summed E-state index contributed by atoms with van der Waals surface area (Å²) < 4.78 is 35.2. The SMILES string of the molecule is CC1(C)C=C(c2cccnc2)c2cc(OC(F)F)ccc2O1. The van der Waals surface area contributed by atoms with E-state index in [0.29, 0.717) is 11.3 Å². The second kappa shape index (κ2) is 5.40. The zero-order valence-corrected chi connectivity index (χ0v) is 12.2. The van der Waals surface area contributed by atoms with Gasteiger partial charge in [-0.05, 0) is 49.8 Å². The maximum atomic E-state index is 12.4. The minimum absolute atomic E-state index is 0.104. The average Bonchev–Trinajstić information content (AvgIpc) is 2.46. The Morgan fingerprint density at radius 2 is 2.05 bits per heavy atom. The van der Waals surface area contributed by atoms with Crippen molar-refractivity contribution >= 4 is 5.57 Å². The molecule has 22 heavy (non-hydrogen) atoms. The highest BCUT2D eigenvalue weighted by Gasteiger charge is 2.27. The van der Waals surface area contributed by atoms with Gasteiger partial charge < -0.3 is 9.47 Å². The molecule has 0 saturated heterocycles. The number of hydrogen-bond acceptors (Lipinski definition) is 3. The van der Waals surface area contributed by atoms with E-state index in [4.69, 9.17) is 4.74 Å². The van der Waals surface area contributed by atoms with Gasteiger partial charge in [0.1, 0.15) is 17.1 Å². The molecule has 0 amide bonds. The molecule has 0 spiro atoms. The van der Waals surface area contributed by atoms with E-state index in [9.17, 15) is 8.78 Å². The number of hydrogen-bond donors (Lipinski definition) is 0. The van der Waals surface area contributed by atoms with Crippen molar-refractivity contribution in [1.82, 2.24) is 4.98 Å². The Kier molecular flexibility index (Phi) is 3.56. The molecule has 0 saturated carbocycles. The summed E-state index contributed by atoms with van der Waals surface area (Å²) in [6.07, 6.45) is 5.38. The van der Waals surface area contributed by atoms with Gasteiger partial charge in [-0.3, -0.25) is 4.98 Å². The van der Waals surface area contributed by atoms with Gasteiger partial charge in [0.25, 0.3) is 0 Å². The topological polar surface area (TPSA) is 31.4 Å². The number of aromatic nitrogens is 1. The van der Waals surface area contributed by atoms with E-state index in [2.05, 4.69) is 9.72 Å². The fourth-order valence-electron chi connectivity index (χ4n) is 2.48. The van der Waals surface area contributed by atoms with Gasteiger partial charge in [-0.2, -0.15) is 8.78 Å². The fraction of sp³-hybridized carbons (Fsp3) is 0.235. The van der Waals surface area contributed by atoms with Crippen LogP contribution >= 0.6 is 0 Å². The Bertz CT molecular complexity index is 712. The van der Waals surface area contributed by atoms with Crippen molar-refractivity contribution in [2.24, 2.45) is 0 Å². The van der Waals surface area contributed by atoms with E-state index >= 15 is 0 Å². The van der Waals surface area contributed by atoms with E-state index in [-0.39, 0.29) is 5.75 Å². The minimum atomic E-state index is -2.86. The number of benzene rings is 1. The summed E-state index contributed by atoms with van der Waals surface area (Å²) in [5.41, 5.74) is 2.00. The highest BCUT2D eigenvalue weighted by Crippen LogP contribution is 2.41. The van der Waals surface area contributed by atoms with Crippen LogP contribution in [0.3, 0.4) is 0 Å². The van der Waals surface area contributed by atoms with E-state index in [1.54, 1.807) is 24.5 Å². The molecule has 2 aromatic rings. The third kappa shape index (κ3) is 2.93. The zero-order chi connectivity index (χ0) is 15.7. The van der Waals surface area contributed by atoms with Crippen LogP contribution in [0.15, 0.2) is 48.8 Å². The highest BCUT2D eigenvalue weighted by molar-refractivity contribution is 5.85. The van der Waals surface area contributed by atoms with Gasteiger partial charge in [-0.1, -0.05) is 6.07 Å². The lowest BCUT2D eigenvalue weighted by Gasteiger charge is -2.31. The first-order valence-electron chi connectivity index (χ1n) is 6.86. The predicted molar refractivity (Wildman–Crippen MR) is 79.1 cm³/mol. The molecule has 3 nitrogen and oxygen atoms in total. The Balaban J connectivity index is 2.11. The molecule has 3 rings (SSSR count). The molecule has 0 fully saturated rings. The molecule has 1 aromatic carbocycles. The largest absolute Gasteiger partial charge is 0.483 e. The monoisotopic (exact) mass is 303 g/mol. The normalized spacial score (nSPS) is 15.8. The molecule has 5 heteroatoms. The van der Waals surface area contributed by atoms with Crippen LogP contribution in [0.2, 0.25) is 0 Å². The molecule has 1 aliphatic heterocycles. The van der Waals surface area contributed by atoms with Crippen LogP contribution < -0.4 is 9.47 Å². The number of ether oxygens (including phenoxy) is 2. The Labute approximate surface area is 127 Å². The lowest BCUT2D eigenvalue weighted by atomic mass is 9.90. The second-order valence-electron chi connectivity index (χ2n) is 5.54. The van der Waals surface area contributed by atoms with Crippen LogP contribution in [0.1, 0.15) is 25.0 Å². The molecular weight excluding hydrogens is 288 g/mol. The van der Waals surface area contributed by atoms with E-state index in [1.165, 1.54) is 6.07 Å².